The van der Waals surface area contributed by atoms with Crippen LogP contribution in [0.25, 0.3) is 11.5 Å². The van der Waals surface area contributed by atoms with E-state index in [0.717, 1.165) is 0 Å². The summed E-state index contributed by atoms with van der Waals surface area (Å²) in [6.45, 7) is 0. The normalized spacial score (nSPS) is 10.3. The Labute approximate surface area is 161 Å². The molecule has 0 saturated carbocycles. The van der Waals surface area contributed by atoms with Gasteiger partial charge >= 0.3 is 6.01 Å². The van der Waals surface area contributed by atoms with E-state index in [1.54, 1.807) is 50.6 Å². The van der Waals surface area contributed by atoms with Crippen LogP contribution in [0.1, 0.15) is 10.4 Å². The van der Waals surface area contributed by atoms with Crippen molar-refractivity contribution in [1.82, 2.24) is 10.2 Å². The molecule has 9 nitrogen and oxygen atoms in total. The van der Waals surface area contributed by atoms with Crippen molar-refractivity contribution in [2.45, 2.75) is 0 Å². The summed E-state index contributed by atoms with van der Waals surface area (Å²) in [5.41, 5.74) is 0.886. The molecule has 0 unspecified atom stereocenters. The molecule has 0 aliphatic heterocycles. The van der Waals surface area contributed by atoms with E-state index in [-0.39, 0.29) is 11.9 Å². The average molecular weight is 385 g/mol. The molecule has 1 heterocycles. The van der Waals surface area contributed by atoms with Gasteiger partial charge in [-0.15, -0.1) is 5.10 Å². The summed E-state index contributed by atoms with van der Waals surface area (Å²) in [7, 11) is 6.08. The molecule has 1 aromatic heterocycles. The van der Waals surface area contributed by atoms with Gasteiger partial charge in [0.25, 0.3) is 5.91 Å². The number of amides is 1. The lowest BCUT2D eigenvalue weighted by molar-refractivity contribution is 0.102. The summed E-state index contributed by atoms with van der Waals surface area (Å²) in [4.78, 5) is 12.5. The summed E-state index contributed by atoms with van der Waals surface area (Å²) < 4.78 is 26.4. The highest BCUT2D eigenvalue weighted by Gasteiger charge is 2.17. The van der Waals surface area contributed by atoms with Gasteiger partial charge in [0, 0.05) is 17.7 Å². The molecule has 0 bridgehead atoms. The van der Waals surface area contributed by atoms with Crippen molar-refractivity contribution in [3.8, 4) is 34.5 Å². The second kappa shape index (κ2) is 8.30. The van der Waals surface area contributed by atoms with E-state index >= 15 is 0 Å². The summed E-state index contributed by atoms with van der Waals surface area (Å²) >= 11 is 0. The number of aromatic nitrogens is 2. The zero-order valence-corrected chi connectivity index (χ0v) is 15.8. The number of benzene rings is 2. The lowest BCUT2D eigenvalue weighted by Crippen LogP contribution is -2.13. The van der Waals surface area contributed by atoms with E-state index in [4.69, 9.17) is 23.4 Å². The topological polar surface area (TPSA) is 105 Å². The number of hydrogen-bond acceptors (Lipinski definition) is 8. The zero-order valence-electron chi connectivity index (χ0n) is 15.8. The van der Waals surface area contributed by atoms with Crippen LogP contribution in [0.2, 0.25) is 0 Å². The Morgan fingerprint density at radius 1 is 0.857 bits per heavy atom. The number of rotatable bonds is 7. The molecular weight excluding hydrogens is 366 g/mol. The Morgan fingerprint density at radius 3 is 2.14 bits per heavy atom. The second-order valence-corrected chi connectivity index (χ2v) is 5.53. The number of methoxy groups -OCH3 is 4. The van der Waals surface area contributed by atoms with Crippen LogP contribution in [0.4, 0.5) is 6.01 Å². The predicted molar refractivity (Wildman–Crippen MR) is 100 cm³/mol. The molecule has 28 heavy (non-hydrogen) atoms. The fraction of sp³-hybridized carbons (Fsp3) is 0.211. The highest BCUT2D eigenvalue weighted by Crippen LogP contribution is 2.30. The Bertz CT molecular complexity index is 963. The molecule has 0 radical (unpaired) electrons. The average Bonchev–Trinajstić information content (AvgIpc) is 3.21. The second-order valence-electron chi connectivity index (χ2n) is 5.53. The van der Waals surface area contributed by atoms with Gasteiger partial charge in [-0.1, -0.05) is 5.10 Å². The third-order valence-corrected chi connectivity index (χ3v) is 3.90. The molecule has 0 aliphatic rings. The van der Waals surface area contributed by atoms with Gasteiger partial charge in [-0.25, -0.2) is 0 Å². The van der Waals surface area contributed by atoms with Gasteiger partial charge in [-0.3, -0.25) is 10.1 Å². The summed E-state index contributed by atoms with van der Waals surface area (Å²) in [6, 6.07) is 9.94. The van der Waals surface area contributed by atoms with Gasteiger partial charge in [0.1, 0.15) is 23.0 Å². The van der Waals surface area contributed by atoms with Crippen LogP contribution in [0.15, 0.2) is 40.8 Å². The quantitative estimate of drug-likeness (QED) is 0.662. The molecule has 3 aromatic rings. The fourth-order valence-corrected chi connectivity index (χ4v) is 2.47. The van der Waals surface area contributed by atoms with E-state index in [0.29, 0.717) is 34.1 Å². The summed E-state index contributed by atoms with van der Waals surface area (Å²) in [5.74, 6) is 1.81. The summed E-state index contributed by atoms with van der Waals surface area (Å²) in [5, 5.41) is 10.4. The highest BCUT2D eigenvalue weighted by molar-refractivity contribution is 6.05. The molecule has 146 valence electrons. The maximum absolute atomic E-state index is 12.5. The standard InChI is InChI=1S/C19H19N3O6/c1-24-12-5-6-15(16(10-12)27-4)17(23)20-19-22-21-18(28-19)11-7-13(25-2)9-14(8-11)26-3/h5-10H,1-4H3,(H,20,22,23). The van der Waals surface area contributed by atoms with Crippen LogP contribution in [-0.2, 0) is 0 Å². The van der Waals surface area contributed by atoms with Gasteiger partial charge in [-0.05, 0) is 24.3 Å². The first-order valence-corrected chi connectivity index (χ1v) is 8.18. The number of nitrogens with one attached hydrogen (secondary N) is 1. The number of carbonyl (C=O) groups excluding carboxylic acids is 1. The van der Waals surface area contributed by atoms with Crippen LogP contribution in [0.5, 0.6) is 23.0 Å². The van der Waals surface area contributed by atoms with Crippen LogP contribution in [0, 0.1) is 0 Å². The molecule has 1 amide bonds. The molecule has 0 fully saturated rings. The first-order valence-electron chi connectivity index (χ1n) is 8.18. The number of hydrogen-bond donors (Lipinski definition) is 1. The molecule has 0 saturated heterocycles. The summed E-state index contributed by atoms with van der Waals surface area (Å²) in [6.07, 6.45) is 0. The Hall–Kier alpha value is -3.75. The lowest BCUT2D eigenvalue weighted by Gasteiger charge is -2.09. The third kappa shape index (κ3) is 3.98. The minimum atomic E-state index is -0.460. The van der Waals surface area contributed by atoms with Crippen LogP contribution < -0.4 is 24.3 Å². The molecule has 3 rings (SSSR count). The molecule has 1 N–H and O–H groups in total. The predicted octanol–water partition coefficient (Wildman–Crippen LogP) is 3.02. The fourth-order valence-electron chi connectivity index (χ4n) is 2.47. The molecule has 0 aliphatic carbocycles. The molecule has 9 heteroatoms. The maximum Gasteiger partial charge on any atom is 0.322 e. The zero-order chi connectivity index (χ0) is 20.1. The minimum Gasteiger partial charge on any atom is -0.497 e. The lowest BCUT2D eigenvalue weighted by atomic mass is 10.2. The van der Waals surface area contributed by atoms with Crippen molar-refractivity contribution < 1.29 is 28.2 Å². The van der Waals surface area contributed by atoms with Crippen LogP contribution >= 0.6 is 0 Å². The largest absolute Gasteiger partial charge is 0.497 e. The van der Waals surface area contributed by atoms with Gasteiger partial charge in [0.2, 0.25) is 5.89 Å². The van der Waals surface area contributed by atoms with Crippen LogP contribution in [0.3, 0.4) is 0 Å². The molecule has 2 aromatic carbocycles. The van der Waals surface area contributed by atoms with Crippen molar-refractivity contribution in [1.29, 1.82) is 0 Å². The first-order chi connectivity index (χ1) is 13.6. The maximum atomic E-state index is 12.5. The smallest absolute Gasteiger partial charge is 0.322 e. The Balaban J connectivity index is 1.83. The van der Waals surface area contributed by atoms with Crippen molar-refractivity contribution in [3.05, 3.63) is 42.0 Å². The van der Waals surface area contributed by atoms with Crippen molar-refractivity contribution in [2.75, 3.05) is 33.8 Å². The third-order valence-electron chi connectivity index (χ3n) is 3.90. The van der Waals surface area contributed by atoms with Gasteiger partial charge in [-0.2, -0.15) is 0 Å². The van der Waals surface area contributed by atoms with Crippen molar-refractivity contribution in [2.24, 2.45) is 0 Å². The number of nitrogens with zero attached hydrogens (tertiary/aromatic N) is 2. The van der Waals surface area contributed by atoms with Crippen molar-refractivity contribution in [3.63, 3.8) is 0 Å². The Morgan fingerprint density at radius 2 is 1.54 bits per heavy atom. The monoisotopic (exact) mass is 385 g/mol. The van der Waals surface area contributed by atoms with E-state index in [9.17, 15) is 4.79 Å². The van der Waals surface area contributed by atoms with Gasteiger partial charge in [0.15, 0.2) is 0 Å². The van der Waals surface area contributed by atoms with E-state index in [1.807, 2.05) is 0 Å². The van der Waals surface area contributed by atoms with E-state index in [2.05, 4.69) is 15.5 Å². The molecule has 0 spiro atoms. The number of anilines is 1. The van der Waals surface area contributed by atoms with E-state index < -0.39 is 5.91 Å². The highest BCUT2D eigenvalue weighted by atomic mass is 16.5. The Kier molecular flexibility index (Phi) is 5.64. The number of ether oxygens (including phenoxy) is 4. The molecular formula is C19H19N3O6. The van der Waals surface area contributed by atoms with E-state index in [1.165, 1.54) is 14.2 Å². The van der Waals surface area contributed by atoms with Gasteiger partial charge < -0.3 is 23.4 Å². The SMILES string of the molecule is COc1cc(OC)cc(-c2nnc(NC(=O)c3ccc(OC)cc3OC)o2)c1. The molecule has 0 atom stereocenters. The minimum absolute atomic E-state index is 0.0559. The first kappa shape index (κ1) is 19.0. The van der Waals surface area contributed by atoms with Gasteiger partial charge in [0.05, 0.1) is 34.0 Å². The number of carbonyl (C=O) groups is 1. The van der Waals surface area contributed by atoms with Crippen LogP contribution in [-0.4, -0.2) is 44.5 Å². The van der Waals surface area contributed by atoms with Crippen molar-refractivity contribution >= 4 is 11.9 Å².